The smallest absolute Gasteiger partial charge is 0.252 e. The van der Waals surface area contributed by atoms with Crippen LogP contribution in [-0.2, 0) is 0 Å². The van der Waals surface area contributed by atoms with Gasteiger partial charge < -0.3 is 22.1 Å². The molecule has 2 aromatic rings. The van der Waals surface area contributed by atoms with Crippen LogP contribution >= 0.6 is 0 Å². The predicted octanol–water partition coefficient (Wildman–Crippen LogP) is 2.91. The molecule has 132 valence electrons. The first-order chi connectivity index (χ1) is 12.0. The van der Waals surface area contributed by atoms with E-state index in [1.807, 2.05) is 31.2 Å². The minimum Gasteiger partial charge on any atom is -0.366 e. The number of nitrogens with zero attached hydrogens (tertiary/aromatic N) is 1. The molecule has 2 unspecified atom stereocenters. The second-order valence-electron chi connectivity index (χ2n) is 6.65. The molecule has 6 heteroatoms. The Kier molecular flexibility index (Phi) is 5.19. The summed E-state index contributed by atoms with van der Waals surface area (Å²) in [4.78, 5) is 16.3. The van der Waals surface area contributed by atoms with Gasteiger partial charge in [0.15, 0.2) is 0 Å². The van der Waals surface area contributed by atoms with Gasteiger partial charge in [-0.1, -0.05) is 25.0 Å². The van der Waals surface area contributed by atoms with Gasteiger partial charge in [0.2, 0.25) is 0 Å². The number of primary amides is 1. The molecule has 1 fully saturated rings. The largest absolute Gasteiger partial charge is 0.366 e. The number of carbonyl (C=O) groups is 1. The summed E-state index contributed by atoms with van der Waals surface area (Å²) in [5.41, 5.74) is 14.0. The van der Waals surface area contributed by atoms with Crippen LogP contribution in [0.3, 0.4) is 0 Å². The van der Waals surface area contributed by atoms with Crippen LogP contribution in [0.15, 0.2) is 36.4 Å². The zero-order valence-electron chi connectivity index (χ0n) is 14.5. The zero-order chi connectivity index (χ0) is 17.8. The van der Waals surface area contributed by atoms with E-state index in [9.17, 15) is 4.79 Å². The van der Waals surface area contributed by atoms with Crippen LogP contribution in [0, 0.1) is 6.92 Å². The maximum Gasteiger partial charge on any atom is 0.252 e. The average molecular weight is 339 g/mol. The van der Waals surface area contributed by atoms with Gasteiger partial charge in [-0.15, -0.1) is 0 Å². The Morgan fingerprint density at radius 2 is 2.00 bits per heavy atom. The number of carbonyl (C=O) groups excluding carboxylic acids is 1. The molecule has 1 saturated carbocycles. The molecule has 25 heavy (non-hydrogen) atoms. The second-order valence-corrected chi connectivity index (χ2v) is 6.65. The topological polar surface area (TPSA) is 106 Å². The van der Waals surface area contributed by atoms with E-state index in [1.54, 1.807) is 12.1 Å². The fraction of sp³-hybridized carbons (Fsp3) is 0.368. The highest BCUT2D eigenvalue weighted by atomic mass is 16.1. The second kappa shape index (κ2) is 7.53. The van der Waals surface area contributed by atoms with Gasteiger partial charge in [-0.05, 0) is 49.6 Å². The summed E-state index contributed by atoms with van der Waals surface area (Å²) in [6.45, 7) is 2.01. The first-order valence-electron chi connectivity index (χ1n) is 8.69. The number of rotatable bonds is 5. The van der Waals surface area contributed by atoms with E-state index in [-0.39, 0.29) is 12.1 Å². The van der Waals surface area contributed by atoms with Crippen molar-refractivity contribution in [3.63, 3.8) is 0 Å². The third-order valence-electron chi connectivity index (χ3n) is 4.59. The van der Waals surface area contributed by atoms with Crippen molar-refractivity contribution >= 4 is 23.2 Å². The third-order valence-corrected chi connectivity index (χ3v) is 4.59. The lowest BCUT2D eigenvalue weighted by molar-refractivity contribution is 0.100. The Morgan fingerprint density at radius 3 is 2.72 bits per heavy atom. The number of hydrogen-bond acceptors (Lipinski definition) is 5. The molecule has 0 spiro atoms. The molecule has 6 N–H and O–H groups in total. The van der Waals surface area contributed by atoms with E-state index in [1.165, 1.54) is 12.8 Å². The SMILES string of the molecule is Cc1cccc(Nc2nc(NC3CCCCC3N)ccc2C(N)=O)c1. The van der Waals surface area contributed by atoms with Crippen molar-refractivity contribution < 1.29 is 4.79 Å². The molecule has 0 saturated heterocycles. The van der Waals surface area contributed by atoms with E-state index >= 15 is 0 Å². The Morgan fingerprint density at radius 1 is 1.20 bits per heavy atom. The number of hydrogen-bond donors (Lipinski definition) is 4. The van der Waals surface area contributed by atoms with Crippen LogP contribution in [-0.4, -0.2) is 23.0 Å². The molecule has 1 aromatic carbocycles. The van der Waals surface area contributed by atoms with Crippen molar-refractivity contribution in [3.05, 3.63) is 47.5 Å². The molecule has 3 rings (SSSR count). The Bertz CT molecular complexity index is 761. The molecule has 6 nitrogen and oxygen atoms in total. The van der Waals surface area contributed by atoms with Crippen LogP contribution in [0.2, 0.25) is 0 Å². The standard InChI is InChI=1S/C19H25N5O/c1-12-5-4-6-13(11-12)22-19-14(18(21)25)9-10-17(24-19)23-16-8-3-2-7-15(16)20/h4-6,9-11,15-16H,2-3,7-8,20H2,1H3,(H2,21,25)(H2,22,23,24). The van der Waals surface area contributed by atoms with Crippen molar-refractivity contribution in [2.75, 3.05) is 10.6 Å². The number of benzene rings is 1. The summed E-state index contributed by atoms with van der Waals surface area (Å²) in [6, 6.07) is 11.7. The van der Waals surface area contributed by atoms with Crippen molar-refractivity contribution in [2.45, 2.75) is 44.7 Å². The van der Waals surface area contributed by atoms with Crippen LogP contribution in [0.1, 0.15) is 41.6 Å². The highest BCUT2D eigenvalue weighted by Crippen LogP contribution is 2.24. The number of amides is 1. The molecule has 1 aliphatic carbocycles. The van der Waals surface area contributed by atoms with Gasteiger partial charge in [-0.25, -0.2) is 4.98 Å². The van der Waals surface area contributed by atoms with Crippen molar-refractivity contribution in [1.29, 1.82) is 0 Å². The minimum absolute atomic E-state index is 0.125. The van der Waals surface area contributed by atoms with Crippen molar-refractivity contribution in [3.8, 4) is 0 Å². The lowest BCUT2D eigenvalue weighted by Crippen LogP contribution is -2.42. The van der Waals surface area contributed by atoms with Gasteiger partial charge >= 0.3 is 0 Å². The number of aryl methyl sites for hydroxylation is 1. The molecule has 1 aromatic heterocycles. The highest BCUT2D eigenvalue weighted by molar-refractivity contribution is 5.98. The summed E-state index contributed by atoms with van der Waals surface area (Å²) in [6.07, 6.45) is 4.39. The maximum absolute atomic E-state index is 11.7. The van der Waals surface area contributed by atoms with Gasteiger partial charge in [-0.2, -0.15) is 0 Å². The van der Waals surface area contributed by atoms with E-state index in [0.29, 0.717) is 17.2 Å². The Labute approximate surface area is 148 Å². The van der Waals surface area contributed by atoms with Crippen LogP contribution < -0.4 is 22.1 Å². The molecule has 2 atom stereocenters. The van der Waals surface area contributed by atoms with Gasteiger partial charge in [-0.3, -0.25) is 4.79 Å². The molecule has 0 aliphatic heterocycles. The van der Waals surface area contributed by atoms with Crippen LogP contribution in [0.5, 0.6) is 0 Å². The van der Waals surface area contributed by atoms with E-state index in [0.717, 1.165) is 24.1 Å². The van der Waals surface area contributed by atoms with E-state index in [2.05, 4.69) is 15.6 Å². The first-order valence-corrected chi connectivity index (χ1v) is 8.69. The summed E-state index contributed by atoms with van der Waals surface area (Å²) in [5.74, 6) is 0.638. The molecule has 0 bridgehead atoms. The normalized spacial score (nSPS) is 20.1. The number of nitrogens with two attached hydrogens (primary N) is 2. The number of pyridine rings is 1. The first kappa shape index (κ1) is 17.2. The monoisotopic (exact) mass is 339 g/mol. The minimum atomic E-state index is -0.511. The summed E-state index contributed by atoms with van der Waals surface area (Å²) < 4.78 is 0. The third kappa shape index (κ3) is 4.28. The Hall–Kier alpha value is -2.60. The Balaban J connectivity index is 1.85. The molecule has 1 amide bonds. The average Bonchev–Trinajstić information content (AvgIpc) is 2.57. The number of nitrogens with one attached hydrogen (secondary N) is 2. The molecule has 0 radical (unpaired) electrons. The number of anilines is 3. The van der Waals surface area contributed by atoms with Gasteiger partial charge in [0.05, 0.1) is 5.56 Å². The lowest BCUT2D eigenvalue weighted by Gasteiger charge is -2.29. The zero-order valence-corrected chi connectivity index (χ0v) is 14.5. The van der Waals surface area contributed by atoms with Crippen LogP contribution in [0.25, 0.3) is 0 Å². The maximum atomic E-state index is 11.7. The van der Waals surface area contributed by atoms with E-state index in [4.69, 9.17) is 11.5 Å². The summed E-state index contributed by atoms with van der Waals surface area (Å²) in [5, 5.41) is 6.61. The lowest BCUT2D eigenvalue weighted by atomic mass is 9.91. The fourth-order valence-corrected chi connectivity index (χ4v) is 3.22. The summed E-state index contributed by atoms with van der Waals surface area (Å²) >= 11 is 0. The molecular weight excluding hydrogens is 314 g/mol. The molecular formula is C19H25N5O. The predicted molar refractivity (Wildman–Crippen MR) is 101 cm³/mol. The fourth-order valence-electron chi connectivity index (χ4n) is 3.22. The van der Waals surface area contributed by atoms with Gasteiger partial charge in [0.25, 0.3) is 5.91 Å². The molecule has 1 heterocycles. The number of aromatic nitrogens is 1. The van der Waals surface area contributed by atoms with Crippen molar-refractivity contribution in [2.24, 2.45) is 11.5 Å². The molecule has 1 aliphatic rings. The quantitative estimate of drug-likeness (QED) is 0.670. The van der Waals surface area contributed by atoms with Crippen LogP contribution in [0.4, 0.5) is 17.3 Å². The van der Waals surface area contributed by atoms with Crippen molar-refractivity contribution in [1.82, 2.24) is 4.98 Å². The summed E-state index contributed by atoms with van der Waals surface area (Å²) in [7, 11) is 0. The highest BCUT2D eigenvalue weighted by Gasteiger charge is 2.22. The van der Waals surface area contributed by atoms with Gasteiger partial charge in [0.1, 0.15) is 11.6 Å². The van der Waals surface area contributed by atoms with E-state index < -0.39 is 5.91 Å². The van der Waals surface area contributed by atoms with Gasteiger partial charge in [0, 0.05) is 17.8 Å².